The highest BCUT2D eigenvalue weighted by molar-refractivity contribution is 7.99. The van der Waals surface area contributed by atoms with E-state index < -0.39 is 6.10 Å². The number of rotatable bonds is 8. The zero-order valence-electron chi connectivity index (χ0n) is 10.7. The number of hydrogen-bond acceptors (Lipinski definition) is 6. The standard InChI is InChI=1S/C12H20N2O3S/c1-9(6-16-2)17-7-11(15)8-18-12-4-3-10(13)5-14-12/h3-5,9,11,15H,6-8,13H2,1-2H3. The largest absolute Gasteiger partial charge is 0.397 e. The summed E-state index contributed by atoms with van der Waals surface area (Å²) in [6.07, 6.45) is 1.07. The Balaban J connectivity index is 2.20. The van der Waals surface area contributed by atoms with Crippen LogP contribution in [0.2, 0.25) is 0 Å². The minimum Gasteiger partial charge on any atom is -0.397 e. The predicted octanol–water partition coefficient (Wildman–Crippen LogP) is 1.17. The minimum atomic E-state index is -0.520. The van der Waals surface area contributed by atoms with Gasteiger partial charge in [0.2, 0.25) is 0 Å². The molecule has 5 nitrogen and oxygen atoms in total. The van der Waals surface area contributed by atoms with Crippen molar-refractivity contribution in [3.8, 4) is 0 Å². The van der Waals surface area contributed by atoms with Crippen molar-refractivity contribution in [3.63, 3.8) is 0 Å². The quantitative estimate of drug-likeness (QED) is 0.692. The summed E-state index contributed by atoms with van der Waals surface area (Å²) in [7, 11) is 1.62. The van der Waals surface area contributed by atoms with Crippen LogP contribution < -0.4 is 5.73 Å². The van der Waals surface area contributed by atoms with E-state index in [0.29, 0.717) is 24.7 Å². The number of anilines is 1. The highest BCUT2D eigenvalue weighted by Crippen LogP contribution is 2.17. The lowest BCUT2D eigenvalue weighted by atomic mass is 10.4. The maximum atomic E-state index is 9.74. The van der Waals surface area contributed by atoms with E-state index in [2.05, 4.69) is 4.98 Å². The number of aliphatic hydroxyl groups is 1. The predicted molar refractivity (Wildman–Crippen MR) is 72.7 cm³/mol. The number of methoxy groups -OCH3 is 1. The zero-order valence-corrected chi connectivity index (χ0v) is 11.5. The highest BCUT2D eigenvalue weighted by Gasteiger charge is 2.09. The lowest BCUT2D eigenvalue weighted by Gasteiger charge is -2.15. The molecule has 2 atom stereocenters. The Hall–Kier alpha value is -0.820. The Kier molecular flexibility index (Phi) is 7.04. The highest BCUT2D eigenvalue weighted by atomic mass is 32.2. The second-order valence-corrected chi connectivity index (χ2v) is 5.03. The van der Waals surface area contributed by atoms with Crippen LogP contribution in [0.25, 0.3) is 0 Å². The van der Waals surface area contributed by atoms with Crippen LogP contribution in [0.15, 0.2) is 23.4 Å². The molecule has 0 aliphatic heterocycles. The van der Waals surface area contributed by atoms with E-state index >= 15 is 0 Å². The van der Waals surface area contributed by atoms with Gasteiger partial charge in [0.25, 0.3) is 0 Å². The van der Waals surface area contributed by atoms with E-state index in [1.54, 1.807) is 19.4 Å². The third-order valence-corrected chi connectivity index (χ3v) is 3.25. The van der Waals surface area contributed by atoms with Gasteiger partial charge in [-0.05, 0) is 19.1 Å². The van der Waals surface area contributed by atoms with Gasteiger partial charge in [0.15, 0.2) is 0 Å². The first-order chi connectivity index (χ1) is 8.61. The molecule has 0 saturated heterocycles. The van der Waals surface area contributed by atoms with Crippen molar-refractivity contribution < 1.29 is 14.6 Å². The molecule has 3 N–H and O–H groups in total. The van der Waals surface area contributed by atoms with E-state index in [0.717, 1.165) is 5.03 Å². The van der Waals surface area contributed by atoms with Crippen molar-refractivity contribution in [2.75, 3.05) is 31.8 Å². The Morgan fingerprint density at radius 2 is 2.22 bits per heavy atom. The topological polar surface area (TPSA) is 77.6 Å². The molecule has 6 heteroatoms. The summed E-state index contributed by atoms with van der Waals surface area (Å²) in [5.74, 6) is 0.538. The summed E-state index contributed by atoms with van der Waals surface area (Å²) in [4.78, 5) is 4.14. The molecule has 1 aromatic rings. The second kappa shape index (κ2) is 8.31. The third-order valence-electron chi connectivity index (χ3n) is 2.16. The number of nitrogens with two attached hydrogens (primary N) is 1. The molecule has 1 rings (SSSR count). The first-order valence-corrected chi connectivity index (χ1v) is 6.73. The molecule has 0 aliphatic rings. The monoisotopic (exact) mass is 272 g/mol. The van der Waals surface area contributed by atoms with Crippen molar-refractivity contribution in [1.82, 2.24) is 4.98 Å². The van der Waals surface area contributed by atoms with Gasteiger partial charge < -0.3 is 20.3 Å². The van der Waals surface area contributed by atoms with E-state index in [-0.39, 0.29) is 6.10 Å². The average molecular weight is 272 g/mol. The number of hydrogen-bond donors (Lipinski definition) is 2. The summed E-state index contributed by atoms with van der Waals surface area (Å²) < 4.78 is 10.4. The van der Waals surface area contributed by atoms with Crippen LogP contribution in [0.4, 0.5) is 5.69 Å². The molecule has 0 radical (unpaired) electrons. The SMILES string of the molecule is COCC(C)OCC(O)CSc1ccc(N)cn1. The fraction of sp³-hybridized carbons (Fsp3) is 0.583. The smallest absolute Gasteiger partial charge is 0.0962 e. The lowest BCUT2D eigenvalue weighted by molar-refractivity contribution is -0.0257. The van der Waals surface area contributed by atoms with Crippen LogP contribution in [0, 0.1) is 0 Å². The van der Waals surface area contributed by atoms with Gasteiger partial charge in [0.1, 0.15) is 0 Å². The first kappa shape index (κ1) is 15.2. The molecule has 0 amide bonds. The Morgan fingerprint density at radius 1 is 1.44 bits per heavy atom. The summed E-state index contributed by atoms with van der Waals surface area (Å²) in [6.45, 7) is 2.73. The number of aliphatic hydroxyl groups excluding tert-OH is 1. The minimum absolute atomic E-state index is 0.00991. The number of thioether (sulfide) groups is 1. The van der Waals surface area contributed by atoms with Crippen molar-refractivity contribution in [3.05, 3.63) is 18.3 Å². The molecule has 1 heterocycles. The van der Waals surface area contributed by atoms with Crippen LogP contribution in [0.5, 0.6) is 0 Å². The molecule has 0 bridgehead atoms. The van der Waals surface area contributed by atoms with E-state index in [1.165, 1.54) is 11.8 Å². The molecule has 1 aromatic heterocycles. The lowest BCUT2D eigenvalue weighted by Crippen LogP contribution is -2.24. The zero-order chi connectivity index (χ0) is 13.4. The number of nitrogens with zero attached hydrogens (tertiary/aromatic N) is 1. The van der Waals surface area contributed by atoms with E-state index in [1.807, 2.05) is 13.0 Å². The molecule has 0 aliphatic carbocycles. The second-order valence-electron chi connectivity index (χ2n) is 3.99. The molecule has 2 unspecified atom stereocenters. The number of pyridine rings is 1. The average Bonchev–Trinajstić information content (AvgIpc) is 2.36. The van der Waals surface area contributed by atoms with Gasteiger partial charge in [0.05, 0.1) is 42.3 Å². The maximum absolute atomic E-state index is 9.74. The van der Waals surface area contributed by atoms with Crippen LogP contribution in [0.3, 0.4) is 0 Å². The molecule has 18 heavy (non-hydrogen) atoms. The van der Waals surface area contributed by atoms with Crippen molar-refractivity contribution in [1.29, 1.82) is 0 Å². The molecule has 0 fully saturated rings. The number of aromatic nitrogens is 1. The van der Waals surface area contributed by atoms with Crippen molar-refractivity contribution >= 4 is 17.4 Å². The number of ether oxygens (including phenoxy) is 2. The van der Waals surface area contributed by atoms with Gasteiger partial charge in [-0.15, -0.1) is 11.8 Å². The summed E-state index contributed by atoms with van der Waals surface area (Å²) in [6, 6.07) is 3.63. The Morgan fingerprint density at radius 3 is 2.83 bits per heavy atom. The molecule has 102 valence electrons. The van der Waals surface area contributed by atoms with Gasteiger partial charge >= 0.3 is 0 Å². The molecule has 0 saturated carbocycles. The van der Waals surface area contributed by atoms with Crippen molar-refractivity contribution in [2.45, 2.75) is 24.2 Å². The fourth-order valence-electron chi connectivity index (χ4n) is 1.26. The fourth-order valence-corrected chi connectivity index (χ4v) is 2.02. The summed E-state index contributed by atoms with van der Waals surface area (Å²) in [5, 5.41) is 10.6. The Labute approximate surface area is 112 Å². The van der Waals surface area contributed by atoms with Crippen LogP contribution >= 0.6 is 11.8 Å². The van der Waals surface area contributed by atoms with Gasteiger partial charge in [0, 0.05) is 12.9 Å². The molecule has 0 aromatic carbocycles. The Bertz CT molecular complexity index is 335. The summed E-state index contributed by atoms with van der Waals surface area (Å²) >= 11 is 1.47. The molecular formula is C12H20N2O3S. The van der Waals surface area contributed by atoms with Gasteiger partial charge in [-0.25, -0.2) is 4.98 Å². The van der Waals surface area contributed by atoms with Gasteiger partial charge in [-0.2, -0.15) is 0 Å². The van der Waals surface area contributed by atoms with Crippen LogP contribution in [-0.2, 0) is 9.47 Å². The summed E-state index contributed by atoms with van der Waals surface area (Å²) in [5.41, 5.74) is 6.17. The number of nitrogen functional groups attached to an aromatic ring is 1. The van der Waals surface area contributed by atoms with E-state index in [4.69, 9.17) is 15.2 Å². The van der Waals surface area contributed by atoms with Crippen LogP contribution in [0.1, 0.15) is 6.92 Å². The van der Waals surface area contributed by atoms with E-state index in [9.17, 15) is 5.11 Å². The van der Waals surface area contributed by atoms with Gasteiger partial charge in [-0.1, -0.05) is 0 Å². The first-order valence-electron chi connectivity index (χ1n) is 5.74. The van der Waals surface area contributed by atoms with Crippen LogP contribution in [-0.4, -0.2) is 48.4 Å². The van der Waals surface area contributed by atoms with Gasteiger partial charge in [-0.3, -0.25) is 0 Å². The normalized spacial score (nSPS) is 14.4. The molecular weight excluding hydrogens is 252 g/mol. The maximum Gasteiger partial charge on any atom is 0.0962 e. The third kappa shape index (κ3) is 6.20. The van der Waals surface area contributed by atoms with Crippen molar-refractivity contribution in [2.24, 2.45) is 0 Å². The molecule has 0 spiro atoms.